The number of carbonyl (C=O) groups excluding carboxylic acids is 1. The lowest BCUT2D eigenvalue weighted by atomic mass is 10.1. The van der Waals surface area contributed by atoms with Gasteiger partial charge in [0.15, 0.2) is 0 Å². The summed E-state index contributed by atoms with van der Waals surface area (Å²) < 4.78 is 14.3. The molecule has 94 valence electrons. The molecule has 0 heterocycles. The minimum Gasteiger partial charge on any atom is -0.355 e. The van der Waals surface area contributed by atoms with Gasteiger partial charge in [-0.1, -0.05) is 22.0 Å². The summed E-state index contributed by atoms with van der Waals surface area (Å²) >= 11 is 3.22. The van der Waals surface area contributed by atoms with E-state index in [1.165, 1.54) is 13.0 Å². The lowest BCUT2D eigenvalue weighted by Crippen LogP contribution is -2.31. The quantitative estimate of drug-likeness (QED) is 0.820. The van der Waals surface area contributed by atoms with E-state index in [9.17, 15) is 9.18 Å². The van der Waals surface area contributed by atoms with Crippen LogP contribution in [-0.2, 0) is 4.79 Å². The highest BCUT2D eigenvalue weighted by molar-refractivity contribution is 9.10. The summed E-state index contributed by atoms with van der Waals surface area (Å²) in [6, 6.07) is 4.91. The van der Waals surface area contributed by atoms with Gasteiger partial charge in [-0.25, -0.2) is 4.39 Å². The third kappa shape index (κ3) is 4.83. The zero-order valence-corrected chi connectivity index (χ0v) is 11.5. The maximum absolute atomic E-state index is 13.6. The number of benzene rings is 1. The average molecular weight is 303 g/mol. The number of amides is 1. The zero-order chi connectivity index (χ0) is 12.8. The van der Waals surface area contributed by atoms with Gasteiger partial charge in [0, 0.05) is 36.1 Å². The number of hydrogen-bond acceptors (Lipinski definition) is 2. The summed E-state index contributed by atoms with van der Waals surface area (Å²) in [6.45, 7) is 4.51. The van der Waals surface area contributed by atoms with Crippen molar-refractivity contribution in [3.63, 3.8) is 0 Å². The normalized spacial score (nSPS) is 12.2. The number of carbonyl (C=O) groups is 1. The molecule has 0 aliphatic rings. The number of nitrogens with one attached hydrogen (secondary N) is 2. The van der Waals surface area contributed by atoms with Crippen LogP contribution in [0.25, 0.3) is 0 Å². The van der Waals surface area contributed by atoms with Crippen LogP contribution in [0.15, 0.2) is 22.7 Å². The van der Waals surface area contributed by atoms with E-state index in [-0.39, 0.29) is 17.8 Å². The topological polar surface area (TPSA) is 41.1 Å². The summed E-state index contributed by atoms with van der Waals surface area (Å²) in [6.07, 6.45) is 0. The molecule has 2 N–H and O–H groups in total. The van der Waals surface area contributed by atoms with Gasteiger partial charge in [0.05, 0.1) is 0 Å². The van der Waals surface area contributed by atoms with Gasteiger partial charge < -0.3 is 10.6 Å². The fourth-order valence-corrected chi connectivity index (χ4v) is 1.82. The molecule has 0 radical (unpaired) electrons. The summed E-state index contributed by atoms with van der Waals surface area (Å²) in [5.41, 5.74) is 0.621. The predicted octanol–water partition coefficient (Wildman–Crippen LogP) is 2.37. The number of halogens is 2. The summed E-state index contributed by atoms with van der Waals surface area (Å²) in [7, 11) is 0. The molecule has 1 atom stereocenters. The average Bonchev–Trinajstić information content (AvgIpc) is 2.23. The molecule has 3 nitrogen and oxygen atoms in total. The second-order valence-corrected chi connectivity index (χ2v) is 4.74. The molecule has 1 rings (SSSR count). The Balaban J connectivity index is 2.46. The SMILES string of the molecule is CC(=O)NCCNC(C)c1ccc(Br)cc1F. The maximum atomic E-state index is 13.6. The van der Waals surface area contributed by atoms with Crippen molar-refractivity contribution < 1.29 is 9.18 Å². The first-order chi connectivity index (χ1) is 8.00. The van der Waals surface area contributed by atoms with Gasteiger partial charge >= 0.3 is 0 Å². The molecule has 5 heteroatoms. The second-order valence-electron chi connectivity index (χ2n) is 3.82. The molecular weight excluding hydrogens is 287 g/mol. The number of rotatable bonds is 5. The van der Waals surface area contributed by atoms with Crippen molar-refractivity contribution in [2.75, 3.05) is 13.1 Å². The standard InChI is InChI=1S/C12H16BrFN2O/c1-8(15-5-6-16-9(2)17)11-4-3-10(13)7-12(11)14/h3-4,7-8,15H,5-6H2,1-2H3,(H,16,17). The lowest BCUT2D eigenvalue weighted by Gasteiger charge is -2.15. The fraction of sp³-hybridized carbons (Fsp3) is 0.417. The third-order valence-corrected chi connectivity index (χ3v) is 2.87. The van der Waals surface area contributed by atoms with Crippen molar-refractivity contribution in [3.05, 3.63) is 34.1 Å². The van der Waals surface area contributed by atoms with Crippen LogP contribution in [0.2, 0.25) is 0 Å². The summed E-state index contributed by atoms with van der Waals surface area (Å²) in [4.78, 5) is 10.6. The van der Waals surface area contributed by atoms with E-state index in [1.807, 2.05) is 13.0 Å². The van der Waals surface area contributed by atoms with Crippen LogP contribution in [0.5, 0.6) is 0 Å². The van der Waals surface area contributed by atoms with Crippen molar-refractivity contribution >= 4 is 21.8 Å². The van der Waals surface area contributed by atoms with Crippen LogP contribution >= 0.6 is 15.9 Å². The molecule has 0 bridgehead atoms. The Morgan fingerprint density at radius 3 is 2.76 bits per heavy atom. The van der Waals surface area contributed by atoms with Crippen molar-refractivity contribution in [1.82, 2.24) is 10.6 Å². The molecule has 17 heavy (non-hydrogen) atoms. The molecular formula is C12H16BrFN2O. The Hall–Kier alpha value is -0.940. The fourth-order valence-electron chi connectivity index (χ4n) is 1.49. The highest BCUT2D eigenvalue weighted by atomic mass is 79.9. The molecule has 1 aromatic rings. The van der Waals surface area contributed by atoms with Crippen LogP contribution in [0.1, 0.15) is 25.5 Å². The molecule has 0 saturated carbocycles. The van der Waals surface area contributed by atoms with Crippen molar-refractivity contribution in [2.24, 2.45) is 0 Å². The van der Waals surface area contributed by atoms with Gasteiger partial charge in [-0.3, -0.25) is 4.79 Å². The van der Waals surface area contributed by atoms with Gasteiger partial charge in [-0.2, -0.15) is 0 Å². The van der Waals surface area contributed by atoms with Gasteiger partial charge in [0.1, 0.15) is 5.82 Å². The lowest BCUT2D eigenvalue weighted by molar-refractivity contribution is -0.118. The first kappa shape index (κ1) is 14.1. The van der Waals surface area contributed by atoms with Crippen molar-refractivity contribution in [1.29, 1.82) is 0 Å². The monoisotopic (exact) mass is 302 g/mol. The molecule has 0 aromatic heterocycles. The van der Waals surface area contributed by atoms with Crippen LogP contribution in [-0.4, -0.2) is 19.0 Å². The Morgan fingerprint density at radius 2 is 2.18 bits per heavy atom. The van der Waals surface area contributed by atoms with Gasteiger partial charge in [-0.05, 0) is 19.1 Å². The maximum Gasteiger partial charge on any atom is 0.216 e. The zero-order valence-electron chi connectivity index (χ0n) is 9.89. The van der Waals surface area contributed by atoms with Crippen LogP contribution < -0.4 is 10.6 Å². The van der Waals surface area contributed by atoms with E-state index in [4.69, 9.17) is 0 Å². The van der Waals surface area contributed by atoms with Crippen LogP contribution in [0.4, 0.5) is 4.39 Å². The first-order valence-electron chi connectivity index (χ1n) is 5.43. The molecule has 0 saturated heterocycles. The van der Waals surface area contributed by atoms with Crippen molar-refractivity contribution in [3.8, 4) is 0 Å². The molecule has 1 unspecified atom stereocenters. The molecule has 0 aliphatic heterocycles. The van der Waals surface area contributed by atoms with E-state index < -0.39 is 0 Å². The highest BCUT2D eigenvalue weighted by Crippen LogP contribution is 2.20. The second kappa shape index (κ2) is 6.71. The summed E-state index contributed by atoms with van der Waals surface area (Å²) in [5, 5.41) is 5.82. The Morgan fingerprint density at radius 1 is 1.47 bits per heavy atom. The molecule has 0 spiro atoms. The Labute approximate surface area is 109 Å². The molecule has 1 aromatic carbocycles. The largest absolute Gasteiger partial charge is 0.355 e. The van der Waals surface area contributed by atoms with E-state index in [0.29, 0.717) is 18.7 Å². The van der Waals surface area contributed by atoms with E-state index in [2.05, 4.69) is 26.6 Å². The first-order valence-corrected chi connectivity index (χ1v) is 6.22. The van der Waals surface area contributed by atoms with Gasteiger partial charge in [0.2, 0.25) is 5.91 Å². The van der Waals surface area contributed by atoms with E-state index in [0.717, 1.165) is 4.47 Å². The van der Waals surface area contributed by atoms with Gasteiger partial charge in [0.25, 0.3) is 0 Å². The highest BCUT2D eigenvalue weighted by Gasteiger charge is 2.10. The molecule has 1 amide bonds. The van der Waals surface area contributed by atoms with Crippen molar-refractivity contribution in [2.45, 2.75) is 19.9 Å². The van der Waals surface area contributed by atoms with E-state index >= 15 is 0 Å². The minimum atomic E-state index is -0.237. The molecule has 0 fully saturated rings. The minimum absolute atomic E-state index is 0.0609. The Bertz CT molecular complexity index is 398. The smallest absolute Gasteiger partial charge is 0.216 e. The van der Waals surface area contributed by atoms with Crippen LogP contribution in [0, 0.1) is 5.82 Å². The molecule has 0 aliphatic carbocycles. The van der Waals surface area contributed by atoms with E-state index in [1.54, 1.807) is 6.07 Å². The van der Waals surface area contributed by atoms with Crippen LogP contribution in [0.3, 0.4) is 0 Å². The predicted molar refractivity (Wildman–Crippen MR) is 69.2 cm³/mol. The Kier molecular flexibility index (Phi) is 5.58. The van der Waals surface area contributed by atoms with Gasteiger partial charge in [-0.15, -0.1) is 0 Å². The number of hydrogen-bond donors (Lipinski definition) is 2. The third-order valence-electron chi connectivity index (χ3n) is 2.38. The summed E-state index contributed by atoms with van der Waals surface area (Å²) in [5.74, 6) is -0.298.